The monoisotopic (exact) mass is 380 g/mol. The van der Waals surface area contributed by atoms with Crippen LogP contribution in [0, 0.1) is 36.8 Å². The largest absolute Gasteiger partial charge is 0.454 e. The first-order valence-corrected chi connectivity index (χ1v) is 9.11. The molecule has 0 aliphatic heterocycles. The van der Waals surface area contributed by atoms with Gasteiger partial charge >= 0.3 is 0 Å². The molecule has 1 N–H and O–H groups in total. The van der Waals surface area contributed by atoms with E-state index < -0.39 is 38.9 Å². The Labute approximate surface area is 149 Å². The molecule has 2 aromatic rings. The van der Waals surface area contributed by atoms with Gasteiger partial charge in [-0.15, -0.1) is 0 Å². The zero-order valence-electron chi connectivity index (χ0n) is 14.1. The molecule has 0 aliphatic rings. The molecule has 0 atom stereocenters. The van der Waals surface area contributed by atoms with Gasteiger partial charge in [0.2, 0.25) is 10.0 Å². The third kappa shape index (κ3) is 4.34. The molecule has 0 saturated carbocycles. The van der Waals surface area contributed by atoms with Crippen LogP contribution in [-0.2, 0) is 10.0 Å². The number of halogens is 2. The van der Waals surface area contributed by atoms with Gasteiger partial charge in [-0.25, -0.2) is 21.9 Å². The summed E-state index contributed by atoms with van der Waals surface area (Å²) in [6.07, 6.45) is 0.714. The summed E-state index contributed by atoms with van der Waals surface area (Å²) < 4.78 is 57.2. The average Bonchev–Trinajstić information content (AvgIpc) is 2.48. The number of sulfonamides is 1. The smallest absolute Gasteiger partial charge is 0.267 e. The molecule has 0 aromatic heterocycles. The van der Waals surface area contributed by atoms with Crippen LogP contribution in [0.2, 0.25) is 0 Å². The van der Waals surface area contributed by atoms with Crippen molar-refractivity contribution in [1.29, 1.82) is 5.26 Å². The van der Waals surface area contributed by atoms with E-state index in [1.54, 1.807) is 18.6 Å². The topological polar surface area (TPSA) is 96.3 Å². The molecule has 0 fully saturated rings. The predicted octanol–water partition coefficient (Wildman–Crippen LogP) is 2.94. The zero-order chi connectivity index (χ0) is 19.6. The molecule has 0 aliphatic carbocycles. The number of carbonyl (C=O) groups excluding carboxylic acids is 1. The van der Waals surface area contributed by atoms with Crippen LogP contribution in [0.4, 0.5) is 8.78 Å². The van der Waals surface area contributed by atoms with Crippen molar-refractivity contribution in [2.75, 3.05) is 6.26 Å². The first kappa shape index (κ1) is 19.3. The quantitative estimate of drug-likeness (QED) is 0.880. The van der Waals surface area contributed by atoms with Gasteiger partial charge in [0, 0.05) is 6.07 Å². The lowest BCUT2D eigenvalue weighted by Crippen LogP contribution is -2.30. The number of aryl methyl sites for hydroxylation is 2. The summed E-state index contributed by atoms with van der Waals surface area (Å²) in [6.45, 7) is 3.35. The highest BCUT2D eigenvalue weighted by atomic mass is 32.2. The van der Waals surface area contributed by atoms with Crippen molar-refractivity contribution in [1.82, 2.24) is 4.72 Å². The summed E-state index contributed by atoms with van der Waals surface area (Å²) in [5.41, 5.74) is 0.893. The fourth-order valence-corrected chi connectivity index (χ4v) is 2.74. The van der Waals surface area contributed by atoms with Crippen LogP contribution < -0.4 is 9.46 Å². The Morgan fingerprint density at radius 3 is 2.19 bits per heavy atom. The Morgan fingerprint density at radius 2 is 1.69 bits per heavy atom. The van der Waals surface area contributed by atoms with Gasteiger partial charge in [0.15, 0.2) is 11.6 Å². The van der Waals surface area contributed by atoms with Crippen LogP contribution in [0.1, 0.15) is 27.0 Å². The molecular formula is C17H14F2N2O4S. The lowest BCUT2D eigenvalue weighted by Gasteiger charge is -2.12. The van der Waals surface area contributed by atoms with E-state index >= 15 is 0 Å². The highest BCUT2D eigenvalue weighted by Gasteiger charge is 2.20. The second kappa shape index (κ2) is 7.09. The summed E-state index contributed by atoms with van der Waals surface area (Å²) in [6, 6.07) is 6.22. The third-order valence-corrected chi connectivity index (χ3v) is 3.95. The van der Waals surface area contributed by atoms with E-state index in [1.807, 2.05) is 6.07 Å². The van der Waals surface area contributed by atoms with E-state index in [-0.39, 0.29) is 5.75 Å². The van der Waals surface area contributed by atoms with Crippen LogP contribution in [0.25, 0.3) is 0 Å². The fourth-order valence-electron chi connectivity index (χ4n) is 2.29. The third-order valence-electron chi connectivity index (χ3n) is 3.39. The molecule has 9 heteroatoms. The number of nitriles is 1. The molecule has 2 rings (SSSR count). The summed E-state index contributed by atoms with van der Waals surface area (Å²) in [7, 11) is -3.92. The normalized spacial score (nSPS) is 10.9. The number of nitrogens with one attached hydrogen (secondary N) is 1. The molecule has 2 aromatic carbocycles. The molecule has 0 saturated heterocycles. The molecule has 0 radical (unpaired) electrons. The maximum Gasteiger partial charge on any atom is 0.267 e. The van der Waals surface area contributed by atoms with Crippen molar-refractivity contribution in [2.45, 2.75) is 13.8 Å². The van der Waals surface area contributed by atoms with Crippen LogP contribution in [0.3, 0.4) is 0 Å². The van der Waals surface area contributed by atoms with Crippen LogP contribution in [0.5, 0.6) is 11.5 Å². The van der Waals surface area contributed by atoms with Crippen molar-refractivity contribution in [2.24, 2.45) is 0 Å². The number of hydrogen-bond acceptors (Lipinski definition) is 5. The summed E-state index contributed by atoms with van der Waals surface area (Å²) >= 11 is 0. The zero-order valence-corrected chi connectivity index (χ0v) is 14.9. The number of ether oxygens (including phenoxy) is 1. The Bertz CT molecular complexity index is 1020. The first-order chi connectivity index (χ1) is 12.0. The van der Waals surface area contributed by atoms with Gasteiger partial charge in [0.25, 0.3) is 5.91 Å². The molecule has 0 heterocycles. The van der Waals surface area contributed by atoms with Gasteiger partial charge in [-0.05, 0) is 43.2 Å². The first-order valence-electron chi connectivity index (χ1n) is 7.22. The van der Waals surface area contributed by atoms with Crippen molar-refractivity contribution in [3.05, 3.63) is 58.2 Å². The number of amides is 1. The van der Waals surface area contributed by atoms with Gasteiger partial charge in [0.05, 0.1) is 23.5 Å². The average molecular weight is 380 g/mol. The summed E-state index contributed by atoms with van der Waals surface area (Å²) in [4.78, 5) is 11.7. The Hall–Kier alpha value is -2.99. The van der Waals surface area contributed by atoms with Crippen molar-refractivity contribution < 1.29 is 26.7 Å². The van der Waals surface area contributed by atoms with E-state index in [0.29, 0.717) is 35.1 Å². The molecule has 0 bridgehead atoms. The minimum atomic E-state index is -3.92. The van der Waals surface area contributed by atoms with Crippen LogP contribution in [-0.4, -0.2) is 20.6 Å². The SMILES string of the molecule is Cc1cc(Oc2cc(F)c(C(=O)NS(C)(=O)=O)cc2F)cc(C)c1C#N. The minimum absolute atomic E-state index is 0.186. The van der Waals surface area contributed by atoms with E-state index in [4.69, 9.17) is 10.00 Å². The molecule has 26 heavy (non-hydrogen) atoms. The van der Waals surface area contributed by atoms with Crippen molar-refractivity contribution in [3.63, 3.8) is 0 Å². The molecule has 1 amide bonds. The summed E-state index contributed by atoms with van der Waals surface area (Å²) in [5, 5.41) is 9.04. The van der Waals surface area contributed by atoms with E-state index in [1.165, 1.54) is 12.1 Å². The lowest BCUT2D eigenvalue weighted by atomic mass is 10.0. The van der Waals surface area contributed by atoms with Gasteiger partial charge in [0.1, 0.15) is 11.6 Å². The number of rotatable bonds is 4. The highest BCUT2D eigenvalue weighted by molar-refractivity contribution is 7.89. The van der Waals surface area contributed by atoms with Crippen molar-refractivity contribution >= 4 is 15.9 Å². The number of benzene rings is 2. The maximum atomic E-state index is 14.2. The van der Waals surface area contributed by atoms with Gasteiger partial charge in [-0.1, -0.05) is 0 Å². The van der Waals surface area contributed by atoms with Crippen LogP contribution in [0.15, 0.2) is 24.3 Å². The predicted molar refractivity (Wildman–Crippen MR) is 89.4 cm³/mol. The Morgan fingerprint density at radius 1 is 1.12 bits per heavy atom. The molecular weight excluding hydrogens is 366 g/mol. The summed E-state index contributed by atoms with van der Waals surface area (Å²) in [5.74, 6) is -3.79. The Balaban J connectivity index is 2.37. The number of hydrogen-bond donors (Lipinski definition) is 1. The van der Waals surface area contributed by atoms with E-state index in [9.17, 15) is 22.0 Å². The number of nitrogens with zero attached hydrogens (tertiary/aromatic N) is 1. The van der Waals surface area contributed by atoms with Gasteiger partial charge < -0.3 is 4.74 Å². The second-order valence-corrected chi connectivity index (χ2v) is 7.36. The highest BCUT2D eigenvalue weighted by Crippen LogP contribution is 2.29. The van der Waals surface area contributed by atoms with Gasteiger partial charge in [-0.2, -0.15) is 5.26 Å². The second-order valence-electron chi connectivity index (χ2n) is 5.61. The molecule has 0 spiro atoms. The molecule has 6 nitrogen and oxygen atoms in total. The van der Waals surface area contributed by atoms with Gasteiger partial charge in [-0.3, -0.25) is 4.79 Å². The fraction of sp³-hybridized carbons (Fsp3) is 0.176. The maximum absolute atomic E-state index is 14.2. The lowest BCUT2D eigenvalue weighted by molar-refractivity contribution is 0.0977. The van der Waals surface area contributed by atoms with Crippen LogP contribution >= 0.6 is 0 Å². The van der Waals surface area contributed by atoms with E-state index in [2.05, 4.69) is 0 Å². The molecule has 136 valence electrons. The van der Waals surface area contributed by atoms with E-state index in [0.717, 1.165) is 0 Å². The standard InChI is InChI=1S/C17H14F2N2O4S/c1-9-4-11(5-10(2)13(9)8-20)25-16-7-14(18)12(6-15(16)19)17(22)21-26(3,23)24/h4-7H,1-3H3,(H,21,22). The van der Waals surface area contributed by atoms with Crippen molar-refractivity contribution in [3.8, 4) is 17.6 Å². The minimum Gasteiger partial charge on any atom is -0.454 e. The number of carbonyl (C=O) groups is 1. The molecule has 0 unspecified atom stereocenters. The Kier molecular flexibility index (Phi) is 5.28.